The molecule has 0 saturated heterocycles. The van der Waals surface area contributed by atoms with Crippen molar-refractivity contribution in [3.8, 4) is 0 Å². The molecule has 7 nitrogen and oxygen atoms in total. The fourth-order valence-corrected chi connectivity index (χ4v) is 2.51. The third-order valence-corrected chi connectivity index (χ3v) is 3.49. The van der Waals surface area contributed by atoms with Crippen molar-refractivity contribution in [2.75, 3.05) is 4.72 Å². The van der Waals surface area contributed by atoms with Crippen molar-refractivity contribution in [2.24, 2.45) is 5.73 Å². The van der Waals surface area contributed by atoms with Crippen LogP contribution in [0.4, 0.5) is 5.69 Å². The third-order valence-electron chi connectivity index (χ3n) is 2.10. The first-order valence-electron chi connectivity index (χ1n) is 4.78. The van der Waals surface area contributed by atoms with Crippen LogP contribution in [0.3, 0.4) is 0 Å². The molecule has 0 aliphatic carbocycles. The fourth-order valence-electron chi connectivity index (χ4n) is 1.30. The second-order valence-electron chi connectivity index (χ2n) is 3.27. The van der Waals surface area contributed by atoms with Gasteiger partial charge >= 0.3 is 0 Å². The minimum atomic E-state index is -3.69. The summed E-state index contributed by atoms with van der Waals surface area (Å²) in [5.41, 5.74) is 6.29. The van der Waals surface area contributed by atoms with Gasteiger partial charge in [-0.3, -0.25) is 14.8 Å². The van der Waals surface area contributed by atoms with Crippen molar-refractivity contribution in [1.29, 1.82) is 0 Å². The number of hydrogen-bond acceptors (Lipinski definition) is 5. The van der Waals surface area contributed by atoms with Crippen LogP contribution in [0.25, 0.3) is 0 Å². The number of nitrogens with zero attached hydrogens (tertiary/aromatic N) is 2. The van der Waals surface area contributed by atoms with Crippen LogP contribution >= 0.6 is 0 Å². The minimum Gasteiger partial charge on any atom is -0.326 e. The van der Waals surface area contributed by atoms with E-state index in [1.54, 1.807) is 12.1 Å². The largest absolute Gasteiger partial charge is 0.326 e. The van der Waals surface area contributed by atoms with E-state index in [-0.39, 0.29) is 11.6 Å². The van der Waals surface area contributed by atoms with Crippen LogP contribution in [0.15, 0.2) is 35.7 Å². The number of sulfonamides is 1. The van der Waals surface area contributed by atoms with Gasteiger partial charge in [0.1, 0.15) is 0 Å². The first-order valence-corrected chi connectivity index (χ1v) is 6.27. The Kier molecular flexibility index (Phi) is 3.07. The van der Waals surface area contributed by atoms with Crippen molar-refractivity contribution in [2.45, 2.75) is 11.6 Å². The van der Waals surface area contributed by atoms with E-state index in [0.29, 0.717) is 11.3 Å². The van der Waals surface area contributed by atoms with E-state index in [1.165, 1.54) is 18.6 Å². The molecule has 4 N–H and O–H groups in total. The maximum Gasteiger partial charge on any atom is 0.279 e. The van der Waals surface area contributed by atoms with Crippen LogP contribution in [0.1, 0.15) is 5.56 Å². The number of aromatic nitrogens is 3. The Balaban J connectivity index is 2.32. The highest BCUT2D eigenvalue weighted by atomic mass is 32.2. The van der Waals surface area contributed by atoms with Crippen LogP contribution in [0.2, 0.25) is 0 Å². The van der Waals surface area contributed by atoms with Gasteiger partial charge in [0.25, 0.3) is 10.0 Å². The van der Waals surface area contributed by atoms with Crippen molar-refractivity contribution < 1.29 is 8.42 Å². The molecule has 0 amide bonds. The van der Waals surface area contributed by atoms with E-state index in [0.717, 1.165) is 0 Å². The standard InChI is InChI=1S/C9H11N5O2S/c10-5-7-6-12-13-9(7)17(15,16)14-8-1-3-11-4-2-8/h1-4,6H,5,10H2,(H,11,14)(H,12,13). The normalized spacial score (nSPS) is 11.4. The molecule has 0 unspecified atom stereocenters. The van der Waals surface area contributed by atoms with Gasteiger partial charge in [0.2, 0.25) is 0 Å². The van der Waals surface area contributed by atoms with E-state index in [2.05, 4.69) is 19.9 Å². The first kappa shape index (κ1) is 11.6. The molecule has 0 aromatic carbocycles. The molecular weight excluding hydrogens is 242 g/mol. The first-order chi connectivity index (χ1) is 8.13. The fraction of sp³-hybridized carbons (Fsp3) is 0.111. The van der Waals surface area contributed by atoms with E-state index in [9.17, 15) is 8.42 Å². The van der Waals surface area contributed by atoms with Crippen LogP contribution in [0.5, 0.6) is 0 Å². The van der Waals surface area contributed by atoms with Crippen LogP contribution in [0, 0.1) is 0 Å². The Morgan fingerprint density at radius 2 is 2.06 bits per heavy atom. The molecular formula is C9H11N5O2S. The summed E-state index contributed by atoms with van der Waals surface area (Å²) < 4.78 is 26.4. The highest BCUT2D eigenvalue weighted by Crippen LogP contribution is 2.16. The van der Waals surface area contributed by atoms with Gasteiger partial charge in [0.05, 0.1) is 11.9 Å². The summed E-state index contributed by atoms with van der Waals surface area (Å²) in [5, 5.41) is 6.07. The second kappa shape index (κ2) is 4.52. The van der Waals surface area contributed by atoms with Crippen LogP contribution in [-0.4, -0.2) is 23.6 Å². The quantitative estimate of drug-likeness (QED) is 0.713. The lowest BCUT2D eigenvalue weighted by Gasteiger charge is -2.06. The van der Waals surface area contributed by atoms with E-state index in [4.69, 9.17) is 5.73 Å². The molecule has 90 valence electrons. The average molecular weight is 253 g/mol. The van der Waals surface area contributed by atoms with Gasteiger partial charge < -0.3 is 5.73 Å². The number of hydrogen-bond donors (Lipinski definition) is 3. The maximum absolute atomic E-state index is 12.0. The lowest BCUT2D eigenvalue weighted by molar-refractivity contribution is 0.596. The number of nitrogens with one attached hydrogen (secondary N) is 2. The summed E-state index contributed by atoms with van der Waals surface area (Å²) in [5.74, 6) is 0. The zero-order valence-corrected chi connectivity index (χ0v) is 9.61. The molecule has 2 rings (SSSR count). The summed E-state index contributed by atoms with van der Waals surface area (Å²) >= 11 is 0. The summed E-state index contributed by atoms with van der Waals surface area (Å²) in [4.78, 5) is 3.80. The van der Waals surface area contributed by atoms with Crippen LogP contribution in [-0.2, 0) is 16.6 Å². The molecule has 2 aromatic heterocycles. The van der Waals surface area contributed by atoms with Gasteiger partial charge in [0, 0.05) is 24.5 Å². The van der Waals surface area contributed by atoms with Gasteiger partial charge in [0.15, 0.2) is 5.03 Å². The monoisotopic (exact) mass is 253 g/mol. The summed E-state index contributed by atoms with van der Waals surface area (Å²) in [7, 11) is -3.69. The predicted octanol–water partition coefficient (Wildman–Crippen LogP) is 0.0642. The molecule has 0 aliphatic rings. The maximum atomic E-state index is 12.0. The molecule has 2 aromatic rings. The Morgan fingerprint density at radius 1 is 1.35 bits per heavy atom. The van der Waals surface area contributed by atoms with Crippen molar-refractivity contribution in [3.63, 3.8) is 0 Å². The van der Waals surface area contributed by atoms with Gasteiger partial charge in [-0.1, -0.05) is 0 Å². The average Bonchev–Trinajstić information content (AvgIpc) is 2.78. The minimum absolute atomic E-state index is 0.0168. The summed E-state index contributed by atoms with van der Waals surface area (Å²) in [6.45, 7) is 0.100. The number of aromatic amines is 1. The van der Waals surface area contributed by atoms with E-state index in [1.807, 2.05) is 0 Å². The zero-order valence-electron chi connectivity index (χ0n) is 8.79. The second-order valence-corrected chi connectivity index (χ2v) is 4.89. The molecule has 2 heterocycles. The molecule has 0 saturated carbocycles. The van der Waals surface area contributed by atoms with Crippen molar-refractivity contribution in [1.82, 2.24) is 15.2 Å². The highest BCUT2D eigenvalue weighted by molar-refractivity contribution is 7.92. The summed E-state index contributed by atoms with van der Waals surface area (Å²) in [6.07, 6.45) is 4.38. The molecule has 0 aliphatic heterocycles. The van der Waals surface area contributed by atoms with Crippen molar-refractivity contribution >= 4 is 15.7 Å². The number of nitrogens with two attached hydrogens (primary N) is 1. The van der Waals surface area contributed by atoms with Gasteiger partial charge in [-0.2, -0.15) is 13.5 Å². The number of pyridine rings is 1. The highest BCUT2D eigenvalue weighted by Gasteiger charge is 2.19. The van der Waals surface area contributed by atoms with E-state index < -0.39 is 10.0 Å². The van der Waals surface area contributed by atoms with Gasteiger partial charge in [-0.25, -0.2) is 0 Å². The Morgan fingerprint density at radius 3 is 2.71 bits per heavy atom. The SMILES string of the molecule is NCc1cn[nH]c1S(=O)(=O)Nc1ccncc1. The molecule has 0 radical (unpaired) electrons. The van der Waals surface area contributed by atoms with Gasteiger partial charge in [-0.05, 0) is 12.1 Å². The Hall–Kier alpha value is -1.93. The molecule has 0 atom stereocenters. The smallest absolute Gasteiger partial charge is 0.279 e. The zero-order chi connectivity index (χ0) is 12.3. The summed E-state index contributed by atoms with van der Waals surface area (Å²) in [6, 6.07) is 3.10. The molecule has 8 heteroatoms. The Bertz CT molecular complexity index is 593. The van der Waals surface area contributed by atoms with E-state index >= 15 is 0 Å². The molecule has 0 fully saturated rings. The van der Waals surface area contributed by atoms with Crippen molar-refractivity contribution in [3.05, 3.63) is 36.3 Å². The molecule has 0 spiro atoms. The Labute approximate surface area is 98.1 Å². The van der Waals surface area contributed by atoms with Crippen LogP contribution < -0.4 is 10.5 Å². The molecule has 0 bridgehead atoms. The lowest BCUT2D eigenvalue weighted by Crippen LogP contribution is -2.16. The predicted molar refractivity (Wildman–Crippen MR) is 61.5 cm³/mol. The number of rotatable bonds is 4. The topological polar surface area (TPSA) is 114 Å². The number of H-pyrrole nitrogens is 1. The van der Waals surface area contributed by atoms with Gasteiger partial charge in [-0.15, -0.1) is 0 Å². The lowest BCUT2D eigenvalue weighted by atomic mass is 10.4. The third kappa shape index (κ3) is 2.43. The molecule has 17 heavy (non-hydrogen) atoms. The number of anilines is 1.